The van der Waals surface area contributed by atoms with Gasteiger partial charge in [0.15, 0.2) is 0 Å². The number of carbonyl (C=O) groups excluding carboxylic acids is 1. The lowest BCUT2D eigenvalue weighted by Crippen LogP contribution is -2.23. The molecular weight excluding hydrogens is 154 g/mol. The van der Waals surface area contributed by atoms with Gasteiger partial charge < -0.3 is 9.64 Å². The largest absolute Gasteiger partial charge is 0.466 e. The van der Waals surface area contributed by atoms with E-state index >= 15 is 0 Å². The lowest BCUT2D eigenvalue weighted by molar-refractivity contribution is -0.143. The fourth-order valence-electron chi connectivity index (χ4n) is 1.01. The number of nitrogens with zero attached hydrogens (tertiary/aromatic N) is 1. The lowest BCUT2D eigenvalue weighted by Gasteiger charge is -2.14. The van der Waals surface area contributed by atoms with Crippen molar-refractivity contribution in [3.8, 4) is 0 Å². The first-order valence-corrected chi connectivity index (χ1v) is 4.54. The number of rotatable bonds is 6. The molecule has 0 aromatic carbocycles. The first kappa shape index (κ1) is 11.4. The molecular formula is C9H19NO2. The summed E-state index contributed by atoms with van der Waals surface area (Å²) in [5.74, 6) is -0.0968. The highest BCUT2D eigenvalue weighted by Gasteiger charge is 2.03. The average Bonchev–Trinajstić information content (AvgIpc) is 2.02. The Bertz CT molecular complexity index is 126. The van der Waals surface area contributed by atoms with Gasteiger partial charge in [0, 0.05) is 6.54 Å². The fraction of sp³-hybridized carbons (Fsp3) is 0.889. The summed E-state index contributed by atoms with van der Waals surface area (Å²) in [6, 6.07) is 0. The van der Waals surface area contributed by atoms with E-state index in [0.717, 1.165) is 19.5 Å². The number of hydrogen-bond donors (Lipinski definition) is 0. The highest BCUT2D eigenvalue weighted by atomic mass is 16.5. The Morgan fingerprint density at radius 3 is 2.50 bits per heavy atom. The van der Waals surface area contributed by atoms with Crippen molar-refractivity contribution < 1.29 is 9.53 Å². The third-order valence-corrected chi connectivity index (χ3v) is 1.61. The van der Waals surface area contributed by atoms with Gasteiger partial charge in [0.05, 0.1) is 13.0 Å². The van der Waals surface area contributed by atoms with Crippen LogP contribution in [0.3, 0.4) is 0 Å². The van der Waals surface area contributed by atoms with Gasteiger partial charge in [-0.1, -0.05) is 6.92 Å². The standard InChI is InChI=1S/C9H19NO2/c1-4-7-10(3)8-6-9(11)12-5-2/h4-8H2,1-3H3. The molecule has 72 valence electrons. The summed E-state index contributed by atoms with van der Waals surface area (Å²) >= 11 is 0. The van der Waals surface area contributed by atoms with E-state index in [1.165, 1.54) is 0 Å². The Balaban J connectivity index is 3.33. The van der Waals surface area contributed by atoms with Gasteiger partial charge >= 0.3 is 5.97 Å². The number of ether oxygens (including phenoxy) is 1. The summed E-state index contributed by atoms with van der Waals surface area (Å²) in [5.41, 5.74) is 0. The van der Waals surface area contributed by atoms with E-state index in [-0.39, 0.29) is 5.97 Å². The Morgan fingerprint density at radius 1 is 1.33 bits per heavy atom. The van der Waals surface area contributed by atoms with E-state index in [4.69, 9.17) is 4.74 Å². The Kier molecular flexibility index (Phi) is 6.76. The van der Waals surface area contributed by atoms with Gasteiger partial charge in [-0.25, -0.2) is 0 Å². The van der Waals surface area contributed by atoms with Gasteiger partial charge in [-0.3, -0.25) is 4.79 Å². The molecule has 0 aromatic rings. The van der Waals surface area contributed by atoms with Crippen LogP contribution in [-0.4, -0.2) is 37.6 Å². The van der Waals surface area contributed by atoms with Crippen molar-refractivity contribution in [2.75, 3.05) is 26.7 Å². The predicted molar refractivity (Wildman–Crippen MR) is 49.0 cm³/mol. The van der Waals surface area contributed by atoms with Crippen LogP contribution in [0.15, 0.2) is 0 Å². The molecule has 0 aliphatic rings. The molecule has 0 saturated carbocycles. The second kappa shape index (κ2) is 7.10. The minimum atomic E-state index is -0.0968. The molecule has 0 aromatic heterocycles. The maximum atomic E-state index is 10.9. The molecule has 0 spiro atoms. The predicted octanol–water partition coefficient (Wildman–Crippen LogP) is 1.28. The van der Waals surface area contributed by atoms with Crippen molar-refractivity contribution >= 4 is 5.97 Å². The molecule has 0 aliphatic heterocycles. The van der Waals surface area contributed by atoms with Gasteiger partial charge in [-0.2, -0.15) is 0 Å². The fourth-order valence-corrected chi connectivity index (χ4v) is 1.01. The summed E-state index contributed by atoms with van der Waals surface area (Å²) < 4.78 is 4.80. The topological polar surface area (TPSA) is 29.5 Å². The molecule has 0 heterocycles. The lowest BCUT2D eigenvalue weighted by atomic mass is 10.3. The van der Waals surface area contributed by atoms with Crippen molar-refractivity contribution in [3.63, 3.8) is 0 Å². The summed E-state index contributed by atoms with van der Waals surface area (Å²) in [7, 11) is 2.02. The Morgan fingerprint density at radius 2 is 2.00 bits per heavy atom. The normalized spacial score (nSPS) is 10.3. The average molecular weight is 173 g/mol. The molecule has 0 amide bonds. The smallest absolute Gasteiger partial charge is 0.307 e. The zero-order valence-electron chi connectivity index (χ0n) is 8.30. The van der Waals surface area contributed by atoms with Crippen LogP contribution in [0.5, 0.6) is 0 Å². The van der Waals surface area contributed by atoms with E-state index in [9.17, 15) is 4.79 Å². The molecule has 3 heteroatoms. The van der Waals surface area contributed by atoms with Crippen LogP contribution in [-0.2, 0) is 9.53 Å². The summed E-state index contributed by atoms with van der Waals surface area (Å²) in [6.07, 6.45) is 1.63. The molecule has 0 fully saturated rings. The van der Waals surface area contributed by atoms with Crippen molar-refractivity contribution in [3.05, 3.63) is 0 Å². The zero-order valence-corrected chi connectivity index (χ0v) is 8.30. The molecule has 0 unspecified atom stereocenters. The SMILES string of the molecule is CCCN(C)CCC(=O)OCC. The van der Waals surface area contributed by atoms with Gasteiger partial charge in [0.25, 0.3) is 0 Å². The minimum Gasteiger partial charge on any atom is -0.466 e. The van der Waals surface area contributed by atoms with Crippen LogP contribution in [0.1, 0.15) is 26.7 Å². The zero-order chi connectivity index (χ0) is 9.40. The molecule has 0 atom stereocenters. The molecule has 0 saturated heterocycles. The van der Waals surface area contributed by atoms with Gasteiger partial charge in [-0.15, -0.1) is 0 Å². The number of hydrogen-bond acceptors (Lipinski definition) is 3. The van der Waals surface area contributed by atoms with Crippen molar-refractivity contribution in [1.29, 1.82) is 0 Å². The van der Waals surface area contributed by atoms with Crippen molar-refractivity contribution in [2.24, 2.45) is 0 Å². The minimum absolute atomic E-state index is 0.0968. The van der Waals surface area contributed by atoms with Gasteiger partial charge in [0.1, 0.15) is 0 Å². The highest BCUT2D eigenvalue weighted by molar-refractivity contribution is 5.69. The second-order valence-electron chi connectivity index (χ2n) is 2.86. The summed E-state index contributed by atoms with van der Waals surface area (Å²) in [6.45, 7) is 6.27. The van der Waals surface area contributed by atoms with Crippen LogP contribution in [0.4, 0.5) is 0 Å². The first-order chi connectivity index (χ1) is 5.70. The maximum absolute atomic E-state index is 10.9. The summed E-state index contributed by atoms with van der Waals surface area (Å²) in [5, 5.41) is 0. The molecule has 0 bridgehead atoms. The highest BCUT2D eigenvalue weighted by Crippen LogP contribution is 1.92. The summed E-state index contributed by atoms with van der Waals surface area (Å²) in [4.78, 5) is 13.0. The van der Waals surface area contributed by atoms with Crippen molar-refractivity contribution in [1.82, 2.24) is 4.90 Å². The van der Waals surface area contributed by atoms with Gasteiger partial charge in [-0.05, 0) is 26.9 Å². The molecule has 12 heavy (non-hydrogen) atoms. The third kappa shape index (κ3) is 6.16. The van der Waals surface area contributed by atoms with E-state index in [1.807, 2.05) is 14.0 Å². The second-order valence-corrected chi connectivity index (χ2v) is 2.86. The molecule has 0 N–H and O–H groups in total. The Hall–Kier alpha value is -0.570. The van der Waals surface area contributed by atoms with E-state index in [1.54, 1.807) is 0 Å². The molecule has 3 nitrogen and oxygen atoms in total. The van der Waals surface area contributed by atoms with Gasteiger partial charge in [0.2, 0.25) is 0 Å². The number of esters is 1. The van der Waals surface area contributed by atoms with Crippen molar-refractivity contribution in [2.45, 2.75) is 26.7 Å². The van der Waals surface area contributed by atoms with Crippen LogP contribution in [0, 0.1) is 0 Å². The molecule has 0 rings (SSSR count). The monoisotopic (exact) mass is 173 g/mol. The molecule has 0 aliphatic carbocycles. The third-order valence-electron chi connectivity index (χ3n) is 1.61. The maximum Gasteiger partial charge on any atom is 0.307 e. The van der Waals surface area contributed by atoms with Crippen LogP contribution in [0.2, 0.25) is 0 Å². The van der Waals surface area contributed by atoms with Crippen LogP contribution < -0.4 is 0 Å². The quantitative estimate of drug-likeness (QED) is 0.567. The molecule has 0 radical (unpaired) electrons. The Labute approximate surface area is 74.7 Å². The van der Waals surface area contributed by atoms with E-state index < -0.39 is 0 Å². The first-order valence-electron chi connectivity index (χ1n) is 4.54. The van der Waals surface area contributed by atoms with Crippen LogP contribution >= 0.6 is 0 Å². The van der Waals surface area contributed by atoms with Crippen LogP contribution in [0.25, 0.3) is 0 Å². The number of carbonyl (C=O) groups is 1. The van der Waals surface area contributed by atoms with E-state index in [2.05, 4.69) is 11.8 Å². The van der Waals surface area contributed by atoms with E-state index in [0.29, 0.717) is 13.0 Å².